The maximum Gasteiger partial charge on any atom is 0.257 e. The smallest absolute Gasteiger partial charge is 0.257 e. The zero-order valence-corrected chi connectivity index (χ0v) is 10.6. The van der Waals surface area contributed by atoms with Crippen LogP contribution in [0.5, 0.6) is 0 Å². The lowest BCUT2D eigenvalue weighted by Gasteiger charge is -2.20. The Balaban J connectivity index is 2.44. The summed E-state index contributed by atoms with van der Waals surface area (Å²) in [6.07, 6.45) is 1.41. The van der Waals surface area contributed by atoms with Crippen LogP contribution in [0.3, 0.4) is 0 Å². The van der Waals surface area contributed by atoms with Gasteiger partial charge in [0, 0.05) is 19.1 Å². The predicted octanol–water partition coefficient (Wildman–Crippen LogP) is 0.0282. The Hall–Kier alpha value is -0.920. The summed E-state index contributed by atoms with van der Waals surface area (Å²) >= 11 is 0. The van der Waals surface area contributed by atoms with Gasteiger partial charge in [-0.3, -0.25) is 5.10 Å². The first kappa shape index (κ1) is 13.1. The third kappa shape index (κ3) is 3.58. The highest BCUT2D eigenvalue weighted by molar-refractivity contribution is 7.89. The molecule has 0 saturated carbocycles. The summed E-state index contributed by atoms with van der Waals surface area (Å²) in [7, 11) is -1.48. The molecule has 1 heterocycles. The van der Waals surface area contributed by atoms with Gasteiger partial charge in [-0.15, -0.1) is 0 Å². The second-order valence-corrected chi connectivity index (χ2v) is 5.63. The van der Waals surface area contributed by atoms with Gasteiger partial charge in [0.2, 0.25) is 0 Å². The number of likely N-dealkylation sites (N-methyl/N-ethyl adjacent to an activating group) is 1. The van der Waals surface area contributed by atoms with Gasteiger partial charge in [-0.1, -0.05) is 0 Å². The molecule has 1 aromatic heterocycles. The van der Waals surface area contributed by atoms with Crippen molar-refractivity contribution in [3.63, 3.8) is 0 Å². The van der Waals surface area contributed by atoms with Crippen molar-refractivity contribution in [3.05, 3.63) is 12.3 Å². The van der Waals surface area contributed by atoms with Gasteiger partial charge in [-0.2, -0.15) is 5.10 Å². The summed E-state index contributed by atoms with van der Waals surface area (Å²) in [4.78, 5) is 2.06. The van der Waals surface area contributed by atoms with E-state index in [1.807, 2.05) is 7.05 Å². The Kier molecular flexibility index (Phi) is 4.45. The van der Waals surface area contributed by atoms with Gasteiger partial charge in [0.15, 0.2) is 5.03 Å². The molecule has 0 aliphatic carbocycles. The summed E-state index contributed by atoms with van der Waals surface area (Å²) in [6.45, 7) is 5.17. The van der Waals surface area contributed by atoms with Crippen molar-refractivity contribution in [2.24, 2.45) is 0 Å². The number of rotatable bonds is 6. The number of hydrogen-bond donors (Lipinski definition) is 2. The highest BCUT2D eigenvalue weighted by Crippen LogP contribution is 2.01. The summed E-state index contributed by atoms with van der Waals surface area (Å²) in [6, 6.07) is 1.82. The molecule has 6 nitrogen and oxygen atoms in total. The molecule has 0 spiro atoms. The summed E-state index contributed by atoms with van der Waals surface area (Å²) in [5.41, 5.74) is 0. The van der Waals surface area contributed by atoms with E-state index in [4.69, 9.17) is 0 Å². The number of nitrogens with zero attached hydrogens (tertiary/aromatic N) is 2. The summed E-state index contributed by atoms with van der Waals surface area (Å²) in [5, 5.41) is 6.13. The molecule has 0 aliphatic rings. The quantitative estimate of drug-likeness (QED) is 0.742. The lowest BCUT2D eigenvalue weighted by molar-refractivity contribution is 0.278. The Morgan fingerprint density at radius 1 is 1.56 bits per heavy atom. The van der Waals surface area contributed by atoms with Crippen LogP contribution in [-0.2, 0) is 10.0 Å². The molecule has 92 valence electrons. The summed E-state index contributed by atoms with van der Waals surface area (Å²) < 4.78 is 25.8. The first-order valence-electron chi connectivity index (χ1n) is 5.13. The van der Waals surface area contributed by atoms with Crippen LogP contribution in [0, 0.1) is 0 Å². The molecule has 7 heteroatoms. The van der Waals surface area contributed by atoms with Crippen molar-refractivity contribution < 1.29 is 8.42 Å². The highest BCUT2D eigenvalue weighted by Gasteiger charge is 2.14. The number of aromatic amines is 1. The SMILES string of the molecule is CC(C)N(C)CCNS(=O)(=O)c1ccn[nH]1. The van der Waals surface area contributed by atoms with Gasteiger partial charge in [0.05, 0.1) is 6.20 Å². The van der Waals surface area contributed by atoms with E-state index in [-0.39, 0.29) is 5.03 Å². The highest BCUT2D eigenvalue weighted by atomic mass is 32.2. The van der Waals surface area contributed by atoms with E-state index in [2.05, 4.69) is 33.7 Å². The van der Waals surface area contributed by atoms with E-state index >= 15 is 0 Å². The Labute approximate surface area is 96.1 Å². The number of nitrogens with one attached hydrogen (secondary N) is 2. The topological polar surface area (TPSA) is 78.1 Å². The standard InChI is InChI=1S/C9H18N4O2S/c1-8(2)13(3)7-6-11-16(14,15)9-4-5-10-12-9/h4-5,8,11H,6-7H2,1-3H3,(H,10,12). The lowest BCUT2D eigenvalue weighted by atomic mass is 10.3. The number of H-pyrrole nitrogens is 1. The fourth-order valence-corrected chi connectivity index (χ4v) is 2.01. The monoisotopic (exact) mass is 246 g/mol. The van der Waals surface area contributed by atoms with Crippen LogP contribution >= 0.6 is 0 Å². The molecule has 0 radical (unpaired) electrons. The van der Waals surface area contributed by atoms with E-state index in [9.17, 15) is 8.42 Å². The largest absolute Gasteiger partial charge is 0.303 e. The minimum Gasteiger partial charge on any atom is -0.303 e. The Morgan fingerprint density at radius 2 is 2.25 bits per heavy atom. The number of aromatic nitrogens is 2. The van der Waals surface area contributed by atoms with Crippen molar-refractivity contribution in [3.8, 4) is 0 Å². The van der Waals surface area contributed by atoms with Crippen LogP contribution in [0.1, 0.15) is 13.8 Å². The van der Waals surface area contributed by atoms with Crippen LogP contribution in [0.25, 0.3) is 0 Å². The molecule has 0 fully saturated rings. The van der Waals surface area contributed by atoms with E-state index < -0.39 is 10.0 Å². The maximum atomic E-state index is 11.6. The fraction of sp³-hybridized carbons (Fsp3) is 0.667. The molecular weight excluding hydrogens is 228 g/mol. The number of hydrogen-bond acceptors (Lipinski definition) is 4. The molecule has 1 aromatic rings. The van der Waals surface area contributed by atoms with Crippen molar-refractivity contribution in [1.29, 1.82) is 0 Å². The van der Waals surface area contributed by atoms with Gasteiger partial charge < -0.3 is 4.90 Å². The van der Waals surface area contributed by atoms with Crippen molar-refractivity contribution in [2.75, 3.05) is 20.1 Å². The second-order valence-electron chi connectivity index (χ2n) is 3.89. The molecule has 16 heavy (non-hydrogen) atoms. The van der Waals surface area contributed by atoms with Crippen LogP contribution in [0.2, 0.25) is 0 Å². The summed E-state index contributed by atoms with van der Waals surface area (Å²) in [5.74, 6) is 0. The van der Waals surface area contributed by atoms with Crippen LogP contribution in [0.4, 0.5) is 0 Å². The number of sulfonamides is 1. The van der Waals surface area contributed by atoms with Gasteiger partial charge in [0.25, 0.3) is 10.0 Å². The second kappa shape index (κ2) is 5.42. The third-order valence-electron chi connectivity index (χ3n) is 2.40. The van der Waals surface area contributed by atoms with Gasteiger partial charge in [0.1, 0.15) is 0 Å². The minimum absolute atomic E-state index is 0.0969. The zero-order chi connectivity index (χ0) is 12.2. The molecule has 1 rings (SSSR count). The molecule has 0 saturated heterocycles. The van der Waals surface area contributed by atoms with E-state index in [0.29, 0.717) is 19.1 Å². The van der Waals surface area contributed by atoms with Crippen LogP contribution in [0.15, 0.2) is 17.3 Å². The lowest BCUT2D eigenvalue weighted by Crippen LogP contribution is -2.36. The zero-order valence-electron chi connectivity index (χ0n) is 9.77. The molecule has 0 bridgehead atoms. The first-order chi connectivity index (χ1) is 7.43. The first-order valence-corrected chi connectivity index (χ1v) is 6.61. The average Bonchev–Trinajstić information content (AvgIpc) is 2.70. The normalized spacial score (nSPS) is 12.6. The minimum atomic E-state index is -3.43. The Bertz CT molecular complexity index is 399. The molecule has 2 N–H and O–H groups in total. The average molecular weight is 246 g/mol. The molecule has 0 unspecified atom stereocenters. The molecule has 0 aliphatic heterocycles. The van der Waals surface area contributed by atoms with Gasteiger partial charge >= 0.3 is 0 Å². The fourth-order valence-electron chi connectivity index (χ4n) is 1.09. The molecular formula is C9H18N4O2S. The van der Waals surface area contributed by atoms with Crippen molar-refractivity contribution in [1.82, 2.24) is 19.8 Å². The molecule has 0 amide bonds. The van der Waals surface area contributed by atoms with Crippen molar-refractivity contribution >= 4 is 10.0 Å². The van der Waals surface area contributed by atoms with Gasteiger partial charge in [-0.05, 0) is 27.0 Å². The van der Waals surface area contributed by atoms with E-state index in [1.54, 1.807) is 0 Å². The van der Waals surface area contributed by atoms with Crippen molar-refractivity contribution in [2.45, 2.75) is 24.9 Å². The predicted molar refractivity (Wildman–Crippen MR) is 61.5 cm³/mol. The Morgan fingerprint density at radius 3 is 2.75 bits per heavy atom. The molecule has 0 atom stereocenters. The van der Waals surface area contributed by atoms with Crippen LogP contribution in [-0.4, -0.2) is 49.7 Å². The van der Waals surface area contributed by atoms with Crippen LogP contribution < -0.4 is 4.72 Å². The van der Waals surface area contributed by atoms with E-state index in [1.165, 1.54) is 12.3 Å². The third-order valence-corrected chi connectivity index (χ3v) is 3.79. The van der Waals surface area contributed by atoms with E-state index in [0.717, 1.165) is 0 Å². The maximum absolute atomic E-state index is 11.6. The van der Waals surface area contributed by atoms with Gasteiger partial charge in [-0.25, -0.2) is 13.1 Å². The molecule has 0 aromatic carbocycles.